The molecule has 0 aliphatic carbocycles. The second-order valence-corrected chi connectivity index (χ2v) is 8.79. The quantitative estimate of drug-likeness (QED) is 0.500. The van der Waals surface area contributed by atoms with Crippen molar-refractivity contribution in [1.82, 2.24) is 29.6 Å². The summed E-state index contributed by atoms with van der Waals surface area (Å²) < 4.78 is 1.69. The minimum Gasteiger partial charge on any atom is -0.341 e. The van der Waals surface area contributed by atoms with Crippen molar-refractivity contribution in [1.29, 1.82) is 0 Å². The molecule has 33 heavy (non-hydrogen) atoms. The monoisotopic (exact) mass is 447 g/mol. The number of pyridine rings is 1. The highest BCUT2D eigenvalue weighted by Gasteiger charge is 2.22. The van der Waals surface area contributed by atoms with Gasteiger partial charge in [-0.2, -0.15) is 5.10 Å². The van der Waals surface area contributed by atoms with Gasteiger partial charge >= 0.3 is 0 Å². The molecule has 0 bridgehead atoms. The second-order valence-electron chi connectivity index (χ2n) is 8.79. The normalized spacial score (nSPS) is 14.9. The molecule has 3 aromatic heterocycles. The van der Waals surface area contributed by atoms with E-state index in [1.165, 1.54) is 0 Å². The summed E-state index contributed by atoms with van der Waals surface area (Å²) in [6.45, 7) is 6.82. The molecule has 0 spiro atoms. The van der Waals surface area contributed by atoms with E-state index in [1.807, 2.05) is 50.1 Å². The van der Waals surface area contributed by atoms with Crippen LogP contribution in [0.25, 0.3) is 22.1 Å². The molecule has 9 heteroatoms. The Morgan fingerprint density at radius 3 is 2.73 bits per heavy atom. The number of hydrogen-bond acceptors (Lipinski definition) is 5. The first-order valence-electron chi connectivity index (χ1n) is 11.4. The number of carbonyl (C=O) groups is 1. The largest absolute Gasteiger partial charge is 0.341 e. The number of aryl methyl sites for hydroxylation is 3. The van der Waals surface area contributed by atoms with E-state index in [9.17, 15) is 9.59 Å². The van der Waals surface area contributed by atoms with Crippen molar-refractivity contribution in [2.75, 3.05) is 31.1 Å². The first kappa shape index (κ1) is 21.2. The molecule has 0 atom stereocenters. The van der Waals surface area contributed by atoms with Gasteiger partial charge in [-0.05, 0) is 44.4 Å². The maximum atomic E-state index is 13.0. The van der Waals surface area contributed by atoms with Gasteiger partial charge in [0.1, 0.15) is 5.65 Å². The van der Waals surface area contributed by atoms with Gasteiger partial charge in [0, 0.05) is 50.6 Å². The zero-order valence-electron chi connectivity index (χ0n) is 19.3. The molecule has 5 rings (SSSR count). The zero-order valence-corrected chi connectivity index (χ0v) is 19.3. The average molecular weight is 448 g/mol. The number of nitrogens with zero attached hydrogens (tertiary/aromatic N) is 5. The van der Waals surface area contributed by atoms with Gasteiger partial charge in [-0.25, -0.2) is 4.98 Å². The highest BCUT2D eigenvalue weighted by Crippen LogP contribution is 2.22. The predicted octanol–water partition coefficient (Wildman–Crippen LogP) is 2.43. The van der Waals surface area contributed by atoms with Crippen LogP contribution in [0.2, 0.25) is 0 Å². The van der Waals surface area contributed by atoms with Crippen LogP contribution < -0.4 is 10.5 Å². The minimum atomic E-state index is -0.136. The lowest BCUT2D eigenvalue weighted by Gasteiger charge is -2.22. The number of imidazole rings is 1. The fourth-order valence-corrected chi connectivity index (χ4v) is 4.91. The Bertz CT molecular complexity index is 1360. The SMILES string of the molecule is Cc1nn(C)c2[nH]c(=O)c(CCC(=O)N3CCCN(c4nc5ccccc5[nH]4)CC3)c(C)c12. The maximum absolute atomic E-state index is 13.0. The van der Waals surface area contributed by atoms with E-state index < -0.39 is 0 Å². The van der Waals surface area contributed by atoms with Crippen LogP contribution in [0.1, 0.15) is 29.7 Å². The van der Waals surface area contributed by atoms with Gasteiger partial charge in [0.15, 0.2) is 0 Å². The van der Waals surface area contributed by atoms with Crippen molar-refractivity contribution in [2.24, 2.45) is 7.05 Å². The predicted molar refractivity (Wildman–Crippen MR) is 129 cm³/mol. The summed E-state index contributed by atoms with van der Waals surface area (Å²) in [7, 11) is 1.82. The molecular weight excluding hydrogens is 418 g/mol. The van der Waals surface area contributed by atoms with Gasteiger partial charge < -0.3 is 19.8 Å². The molecule has 9 nitrogen and oxygen atoms in total. The molecule has 1 fully saturated rings. The molecule has 2 N–H and O–H groups in total. The topological polar surface area (TPSA) is 103 Å². The molecule has 1 amide bonds. The number of rotatable bonds is 4. The molecule has 4 aromatic rings. The van der Waals surface area contributed by atoms with E-state index in [-0.39, 0.29) is 11.5 Å². The molecule has 0 radical (unpaired) electrons. The number of hydrogen-bond donors (Lipinski definition) is 2. The highest BCUT2D eigenvalue weighted by atomic mass is 16.2. The molecule has 0 unspecified atom stereocenters. The van der Waals surface area contributed by atoms with Gasteiger partial charge in [-0.3, -0.25) is 14.3 Å². The number of fused-ring (bicyclic) bond motifs is 2. The lowest BCUT2D eigenvalue weighted by atomic mass is 10.0. The summed E-state index contributed by atoms with van der Waals surface area (Å²) in [6, 6.07) is 7.99. The molecule has 1 aliphatic heterocycles. The number of anilines is 1. The number of carbonyl (C=O) groups excluding carboxylic acids is 1. The second kappa shape index (κ2) is 8.38. The van der Waals surface area contributed by atoms with Crippen LogP contribution in [-0.2, 0) is 18.3 Å². The summed E-state index contributed by atoms with van der Waals surface area (Å²) in [5.41, 5.74) is 5.03. The van der Waals surface area contributed by atoms with Gasteiger partial charge in [-0.15, -0.1) is 0 Å². The van der Waals surface area contributed by atoms with Crippen LogP contribution in [0.3, 0.4) is 0 Å². The lowest BCUT2D eigenvalue weighted by molar-refractivity contribution is -0.130. The Labute approximate surface area is 191 Å². The van der Waals surface area contributed by atoms with E-state index in [1.54, 1.807) is 4.68 Å². The summed E-state index contributed by atoms with van der Waals surface area (Å²) in [6.07, 6.45) is 1.62. The Hall–Kier alpha value is -3.62. The lowest BCUT2D eigenvalue weighted by Crippen LogP contribution is -2.35. The van der Waals surface area contributed by atoms with Gasteiger partial charge in [0.25, 0.3) is 5.56 Å². The summed E-state index contributed by atoms with van der Waals surface area (Å²) in [5, 5.41) is 5.39. The summed E-state index contributed by atoms with van der Waals surface area (Å²) in [5.74, 6) is 0.941. The Balaban J connectivity index is 1.26. The first-order valence-corrected chi connectivity index (χ1v) is 11.4. The Morgan fingerprint density at radius 2 is 1.91 bits per heavy atom. The summed E-state index contributed by atoms with van der Waals surface area (Å²) in [4.78, 5) is 40.9. The van der Waals surface area contributed by atoms with Crippen molar-refractivity contribution in [2.45, 2.75) is 33.1 Å². The van der Waals surface area contributed by atoms with Crippen molar-refractivity contribution in [3.8, 4) is 0 Å². The molecule has 172 valence electrons. The summed E-state index contributed by atoms with van der Waals surface area (Å²) >= 11 is 0. The van der Waals surface area contributed by atoms with E-state index in [2.05, 4.69) is 20.0 Å². The van der Waals surface area contributed by atoms with Crippen molar-refractivity contribution in [3.63, 3.8) is 0 Å². The minimum absolute atomic E-state index is 0.0864. The van der Waals surface area contributed by atoms with Gasteiger partial charge in [0.05, 0.1) is 16.7 Å². The van der Waals surface area contributed by atoms with Gasteiger partial charge in [0.2, 0.25) is 11.9 Å². The molecule has 1 aromatic carbocycles. The van der Waals surface area contributed by atoms with E-state index in [0.717, 1.165) is 58.8 Å². The number of H-pyrrole nitrogens is 2. The molecule has 0 saturated carbocycles. The van der Waals surface area contributed by atoms with Crippen molar-refractivity contribution < 1.29 is 4.79 Å². The smallest absolute Gasteiger partial charge is 0.253 e. The van der Waals surface area contributed by atoms with Crippen molar-refractivity contribution in [3.05, 3.63) is 51.4 Å². The fraction of sp³-hybridized carbons (Fsp3) is 0.417. The number of aromatic nitrogens is 5. The first-order chi connectivity index (χ1) is 15.9. The van der Waals surface area contributed by atoms with Crippen LogP contribution in [0, 0.1) is 13.8 Å². The van der Waals surface area contributed by atoms with E-state index >= 15 is 0 Å². The van der Waals surface area contributed by atoms with E-state index in [4.69, 9.17) is 4.98 Å². The average Bonchev–Trinajstić information content (AvgIpc) is 3.23. The number of nitrogens with one attached hydrogen (secondary N) is 2. The molecule has 1 aliphatic rings. The zero-order chi connectivity index (χ0) is 23.1. The fourth-order valence-electron chi connectivity index (χ4n) is 4.91. The van der Waals surface area contributed by atoms with Crippen LogP contribution in [0.4, 0.5) is 5.95 Å². The molecule has 4 heterocycles. The number of amides is 1. The van der Waals surface area contributed by atoms with E-state index in [0.29, 0.717) is 31.5 Å². The highest BCUT2D eigenvalue weighted by molar-refractivity contribution is 5.83. The Kier molecular flexibility index (Phi) is 5.39. The number of aromatic amines is 2. The van der Waals surface area contributed by atoms with Crippen LogP contribution in [0.15, 0.2) is 29.1 Å². The maximum Gasteiger partial charge on any atom is 0.253 e. The third-order valence-corrected chi connectivity index (χ3v) is 6.67. The van der Waals surface area contributed by atoms with Crippen LogP contribution >= 0.6 is 0 Å². The number of para-hydroxylation sites is 2. The number of benzene rings is 1. The molecule has 1 saturated heterocycles. The van der Waals surface area contributed by atoms with Gasteiger partial charge in [-0.1, -0.05) is 12.1 Å². The third kappa shape index (κ3) is 3.88. The standard InChI is InChI=1S/C24H29N7O2/c1-15-17(23(33)27-22-21(15)16(2)28-29(22)3)9-10-20(32)30-11-6-12-31(14-13-30)24-25-18-7-4-5-8-19(18)26-24/h4-5,7-8H,6,9-14H2,1-3H3,(H,25,26)(H,27,33). The van der Waals surface area contributed by atoms with Crippen LogP contribution in [-0.4, -0.2) is 61.7 Å². The molecular formula is C24H29N7O2. The van der Waals surface area contributed by atoms with Crippen LogP contribution in [0.5, 0.6) is 0 Å². The Morgan fingerprint density at radius 1 is 1.09 bits per heavy atom. The van der Waals surface area contributed by atoms with Crippen molar-refractivity contribution >= 4 is 33.9 Å². The third-order valence-electron chi connectivity index (χ3n) is 6.67.